The topological polar surface area (TPSA) is 92.3 Å². The maximum atomic E-state index is 13.9. The number of nitrogens with two attached hydrogens (primary N) is 1. The van der Waals surface area contributed by atoms with Crippen molar-refractivity contribution in [3.8, 4) is 11.1 Å². The third kappa shape index (κ3) is 4.20. The number of aliphatic hydroxyl groups excluding tert-OH is 1. The van der Waals surface area contributed by atoms with Gasteiger partial charge >= 0.3 is 0 Å². The number of nitrogen functional groups attached to an aromatic ring is 1. The zero-order chi connectivity index (χ0) is 24.4. The molecule has 3 N–H and O–H groups in total. The van der Waals surface area contributed by atoms with E-state index in [4.69, 9.17) is 5.73 Å². The van der Waals surface area contributed by atoms with Gasteiger partial charge in [-0.05, 0) is 52.1 Å². The fraction of sp³-hybridized carbons (Fsp3) is 0.192. The highest BCUT2D eigenvalue weighted by molar-refractivity contribution is 6.05. The van der Waals surface area contributed by atoms with Crippen LogP contribution in [0.5, 0.6) is 0 Å². The number of halogens is 2. The summed E-state index contributed by atoms with van der Waals surface area (Å²) in [5, 5.41) is 10.1. The Morgan fingerprint density at radius 3 is 2.29 bits per heavy atom. The van der Waals surface area contributed by atoms with Gasteiger partial charge in [0, 0.05) is 18.5 Å². The van der Waals surface area contributed by atoms with E-state index < -0.39 is 18.2 Å². The molecule has 4 aromatic rings. The molecule has 0 radical (unpaired) electrons. The summed E-state index contributed by atoms with van der Waals surface area (Å²) in [5.74, 6) is -2.41. The summed E-state index contributed by atoms with van der Waals surface area (Å²) in [4.78, 5) is 23.5. The number of rotatable bonds is 3. The molecule has 0 saturated heterocycles. The lowest BCUT2D eigenvalue weighted by Gasteiger charge is -2.17. The summed E-state index contributed by atoms with van der Waals surface area (Å²) in [6.45, 7) is 4.44. The van der Waals surface area contributed by atoms with Crippen molar-refractivity contribution in [2.75, 3.05) is 5.73 Å². The fourth-order valence-corrected chi connectivity index (χ4v) is 4.09. The van der Waals surface area contributed by atoms with Gasteiger partial charge in [0.15, 0.2) is 11.6 Å². The van der Waals surface area contributed by atoms with Crippen molar-refractivity contribution in [2.45, 2.75) is 33.5 Å². The molecule has 0 unspecified atom stereocenters. The minimum atomic E-state index is -1.04. The molecule has 1 aromatic heterocycles. The number of nitrogens with zero attached hydrogens (tertiary/aromatic N) is 3. The first kappa shape index (κ1) is 23.3. The quantitative estimate of drug-likeness (QED) is 0.455. The number of fused-ring (bicyclic) bond motifs is 2. The average Bonchev–Trinajstić information content (AvgIpc) is 3.30. The number of carbonyl (C=O) groups is 1. The maximum absolute atomic E-state index is 13.9. The molecular formula is C26H24F2N4O2. The molecule has 3 aromatic carbocycles. The lowest BCUT2D eigenvalue weighted by atomic mass is 9.97. The summed E-state index contributed by atoms with van der Waals surface area (Å²) in [6, 6.07) is 14.7. The molecule has 0 spiro atoms. The van der Waals surface area contributed by atoms with Gasteiger partial charge in [-0.25, -0.2) is 18.7 Å². The summed E-state index contributed by atoms with van der Waals surface area (Å²) in [6.07, 6.45) is 0. The second-order valence-corrected chi connectivity index (χ2v) is 7.67. The SMILES string of the molecule is CC.Nc1nc(C(=O)N2Cc3ccccc3C2)c2cc(-c3cc(F)c(F)cc3CO)ccc2n1. The number of hydrogen-bond acceptors (Lipinski definition) is 5. The van der Waals surface area contributed by atoms with Gasteiger partial charge < -0.3 is 15.7 Å². The molecule has 5 rings (SSSR count). The highest BCUT2D eigenvalue weighted by Crippen LogP contribution is 2.31. The number of aromatic nitrogens is 2. The lowest BCUT2D eigenvalue weighted by molar-refractivity contribution is 0.0747. The summed E-state index contributed by atoms with van der Waals surface area (Å²) in [5.41, 5.74) is 9.62. The Bertz CT molecular complexity index is 1370. The lowest BCUT2D eigenvalue weighted by Crippen LogP contribution is -2.27. The smallest absolute Gasteiger partial charge is 0.273 e. The molecule has 174 valence electrons. The van der Waals surface area contributed by atoms with Crippen LogP contribution < -0.4 is 5.73 Å². The number of carbonyl (C=O) groups excluding carboxylic acids is 1. The molecule has 8 heteroatoms. The van der Waals surface area contributed by atoms with Crippen molar-refractivity contribution in [1.82, 2.24) is 14.9 Å². The molecule has 6 nitrogen and oxygen atoms in total. The van der Waals surface area contributed by atoms with Crippen molar-refractivity contribution in [3.05, 3.63) is 88.6 Å². The van der Waals surface area contributed by atoms with Crippen LogP contribution in [0.4, 0.5) is 14.7 Å². The standard InChI is InChI=1S/C24H18F2N4O2.C2H6/c25-19-8-16(12-31)17(9-20(19)26)13-5-6-21-18(7-13)22(29-24(27)28-21)23(32)30-10-14-3-1-2-4-15(14)11-30;1-2/h1-9,31H,10-12H2,(H2,27,28,29);1-2H3. The molecule has 2 heterocycles. The Morgan fingerprint density at radius 1 is 1.00 bits per heavy atom. The van der Waals surface area contributed by atoms with Crippen molar-refractivity contribution < 1.29 is 18.7 Å². The predicted octanol–water partition coefficient (Wildman–Crippen LogP) is 4.83. The zero-order valence-electron chi connectivity index (χ0n) is 18.8. The van der Waals surface area contributed by atoms with Gasteiger partial charge in [-0.3, -0.25) is 4.79 Å². The van der Waals surface area contributed by atoms with Crippen LogP contribution in [0.1, 0.15) is 41.0 Å². The molecule has 0 aliphatic carbocycles. The molecule has 1 aliphatic rings. The molecule has 0 atom stereocenters. The van der Waals surface area contributed by atoms with E-state index in [0.29, 0.717) is 35.1 Å². The molecule has 34 heavy (non-hydrogen) atoms. The van der Waals surface area contributed by atoms with Crippen LogP contribution in [0, 0.1) is 11.6 Å². The summed E-state index contributed by atoms with van der Waals surface area (Å²) >= 11 is 0. The Kier molecular flexibility index (Phi) is 6.51. The molecule has 0 saturated carbocycles. The number of anilines is 1. The van der Waals surface area contributed by atoms with Gasteiger partial charge in [0.2, 0.25) is 5.95 Å². The van der Waals surface area contributed by atoms with E-state index in [1.165, 1.54) is 0 Å². The second-order valence-electron chi connectivity index (χ2n) is 7.67. The first-order chi connectivity index (χ1) is 16.4. The average molecular weight is 463 g/mol. The summed E-state index contributed by atoms with van der Waals surface area (Å²) < 4.78 is 27.6. The molecule has 0 bridgehead atoms. The number of hydrogen-bond donors (Lipinski definition) is 2. The molecule has 1 aliphatic heterocycles. The van der Waals surface area contributed by atoms with Gasteiger partial charge in [0.05, 0.1) is 12.1 Å². The van der Waals surface area contributed by atoms with Crippen molar-refractivity contribution in [1.29, 1.82) is 0 Å². The third-order valence-corrected chi connectivity index (χ3v) is 5.67. The van der Waals surface area contributed by atoms with Crippen LogP contribution in [0.3, 0.4) is 0 Å². The monoisotopic (exact) mass is 462 g/mol. The van der Waals surface area contributed by atoms with Gasteiger partial charge in [-0.1, -0.05) is 44.2 Å². The van der Waals surface area contributed by atoms with E-state index in [-0.39, 0.29) is 23.1 Å². The number of benzene rings is 3. The van der Waals surface area contributed by atoms with E-state index in [9.17, 15) is 18.7 Å². The Labute approximate surface area is 195 Å². The highest BCUT2D eigenvalue weighted by Gasteiger charge is 2.27. The van der Waals surface area contributed by atoms with Crippen molar-refractivity contribution >= 4 is 22.8 Å². The Morgan fingerprint density at radius 2 is 1.65 bits per heavy atom. The third-order valence-electron chi connectivity index (χ3n) is 5.67. The van der Waals surface area contributed by atoms with Crippen LogP contribution in [-0.4, -0.2) is 25.9 Å². The second kappa shape index (κ2) is 9.52. The minimum Gasteiger partial charge on any atom is -0.392 e. The van der Waals surface area contributed by atoms with E-state index in [1.807, 2.05) is 38.1 Å². The fourth-order valence-electron chi connectivity index (χ4n) is 4.09. The maximum Gasteiger partial charge on any atom is 0.273 e. The van der Waals surface area contributed by atoms with Crippen LogP contribution in [0.25, 0.3) is 22.0 Å². The Balaban J connectivity index is 0.00000133. The molecule has 0 fully saturated rings. The minimum absolute atomic E-state index is 0.0332. The van der Waals surface area contributed by atoms with E-state index >= 15 is 0 Å². The van der Waals surface area contributed by atoms with E-state index in [1.54, 1.807) is 23.1 Å². The highest BCUT2D eigenvalue weighted by atomic mass is 19.2. The zero-order valence-corrected chi connectivity index (χ0v) is 18.8. The van der Waals surface area contributed by atoms with E-state index in [0.717, 1.165) is 23.3 Å². The number of aliphatic hydroxyl groups is 1. The summed E-state index contributed by atoms with van der Waals surface area (Å²) in [7, 11) is 0. The van der Waals surface area contributed by atoms with Gasteiger partial charge in [0.25, 0.3) is 5.91 Å². The van der Waals surface area contributed by atoms with Gasteiger partial charge in [0.1, 0.15) is 5.69 Å². The predicted molar refractivity (Wildman–Crippen MR) is 127 cm³/mol. The normalized spacial score (nSPS) is 12.3. The molecular weight excluding hydrogens is 438 g/mol. The van der Waals surface area contributed by atoms with Crippen LogP contribution in [0.15, 0.2) is 54.6 Å². The first-order valence-electron chi connectivity index (χ1n) is 11.0. The Hall–Kier alpha value is -3.91. The van der Waals surface area contributed by atoms with Crippen molar-refractivity contribution in [2.24, 2.45) is 0 Å². The van der Waals surface area contributed by atoms with Crippen LogP contribution in [-0.2, 0) is 19.7 Å². The van der Waals surface area contributed by atoms with Crippen LogP contribution >= 0.6 is 0 Å². The van der Waals surface area contributed by atoms with Crippen molar-refractivity contribution in [3.63, 3.8) is 0 Å². The largest absolute Gasteiger partial charge is 0.392 e. The number of amides is 1. The van der Waals surface area contributed by atoms with Gasteiger partial charge in [-0.15, -0.1) is 0 Å². The van der Waals surface area contributed by atoms with Crippen LogP contribution in [0.2, 0.25) is 0 Å². The molecule has 1 amide bonds. The van der Waals surface area contributed by atoms with Gasteiger partial charge in [-0.2, -0.15) is 0 Å². The first-order valence-corrected chi connectivity index (χ1v) is 11.0. The van der Waals surface area contributed by atoms with E-state index in [2.05, 4.69) is 9.97 Å².